The van der Waals surface area contributed by atoms with Gasteiger partial charge >= 0.3 is 0 Å². The van der Waals surface area contributed by atoms with E-state index in [4.69, 9.17) is 5.73 Å². The Morgan fingerprint density at radius 2 is 1.89 bits per heavy atom. The molecule has 0 aliphatic carbocycles. The zero-order valence-corrected chi connectivity index (χ0v) is 16.2. The van der Waals surface area contributed by atoms with Crippen LogP contribution in [0.4, 0.5) is 0 Å². The topological polar surface area (TPSA) is 92.4 Å². The highest BCUT2D eigenvalue weighted by atomic mass is 16.2. The van der Waals surface area contributed by atoms with Crippen LogP contribution in [0.1, 0.15) is 43.4 Å². The molecule has 0 radical (unpaired) electrons. The van der Waals surface area contributed by atoms with Crippen molar-refractivity contribution < 1.29 is 9.59 Å². The number of benzene rings is 1. The van der Waals surface area contributed by atoms with Crippen molar-refractivity contribution in [3.05, 3.63) is 60.2 Å². The average Bonchev–Trinajstić information content (AvgIpc) is 2.93. The van der Waals surface area contributed by atoms with Gasteiger partial charge < -0.3 is 10.6 Å². The van der Waals surface area contributed by atoms with Gasteiger partial charge in [0.1, 0.15) is 12.4 Å². The third-order valence-electron chi connectivity index (χ3n) is 5.29. The summed E-state index contributed by atoms with van der Waals surface area (Å²) in [5.74, 6) is -0.300. The Balaban J connectivity index is 1.72. The molecular formula is C21H27N5O2. The van der Waals surface area contributed by atoms with Gasteiger partial charge in [-0.25, -0.2) is 9.97 Å². The van der Waals surface area contributed by atoms with Crippen molar-refractivity contribution in [3.8, 4) is 0 Å². The van der Waals surface area contributed by atoms with Crippen LogP contribution in [0, 0.1) is 0 Å². The van der Waals surface area contributed by atoms with Crippen LogP contribution in [0.3, 0.4) is 0 Å². The lowest BCUT2D eigenvalue weighted by Crippen LogP contribution is -2.41. The Morgan fingerprint density at radius 3 is 2.54 bits per heavy atom. The molecule has 2 aromatic rings. The summed E-state index contributed by atoms with van der Waals surface area (Å²) in [5.41, 5.74) is 7.57. The number of amides is 2. The van der Waals surface area contributed by atoms with Gasteiger partial charge in [0, 0.05) is 44.0 Å². The minimum atomic E-state index is -0.437. The molecule has 28 heavy (non-hydrogen) atoms. The normalized spacial score (nSPS) is 18.8. The second-order valence-electron chi connectivity index (χ2n) is 7.23. The number of rotatable bonds is 6. The lowest BCUT2D eigenvalue weighted by atomic mass is 10.0. The number of hydrogen-bond acceptors (Lipinski definition) is 5. The molecule has 2 heterocycles. The predicted octanol–water partition coefficient (Wildman–Crippen LogP) is 1.91. The first-order valence-electron chi connectivity index (χ1n) is 9.65. The van der Waals surface area contributed by atoms with Crippen molar-refractivity contribution in [2.75, 3.05) is 13.1 Å². The van der Waals surface area contributed by atoms with Crippen LogP contribution < -0.4 is 5.73 Å². The summed E-state index contributed by atoms with van der Waals surface area (Å²) in [5, 5.41) is 0. The number of aromatic nitrogens is 2. The fraction of sp³-hybridized carbons (Fsp3) is 0.429. The fourth-order valence-corrected chi connectivity index (χ4v) is 3.97. The number of likely N-dealkylation sites (tertiary alicyclic amines) is 1. The van der Waals surface area contributed by atoms with E-state index in [1.807, 2.05) is 35.2 Å². The molecule has 0 spiro atoms. The van der Waals surface area contributed by atoms with Gasteiger partial charge in [0.25, 0.3) is 0 Å². The van der Waals surface area contributed by atoms with Crippen molar-refractivity contribution in [2.24, 2.45) is 5.73 Å². The molecule has 0 bridgehead atoms. The lowest BCUT2D eigenvalue weighted by Gasteiger charge is -2.31. The van der Waals surface area contributed by atoms with Gasteiger partial charge in [0.2, 0.25) is 11.8 Å². The molecule has 1 saturated heterocycles. The van der Waals surface area contributed by atoms with Crippen LogP contribution >= 0.6 is 0 Å². The quantitative estimate of drug-likeness (QED) is 0.825. The van der Waals surface area contributed by atoms with Gasteiger partial charge in [-0.3, -0.25) is 14.5 Å². The summed E-state index contributed by atoms with van der Waals surface area (Å²) < 4.78 is 0. The third kappa shape index (κ3) is 4.92. The largest absolute Gasteiger partial charge is 0.368 e. The molecule has 3 rings (SSSR count). The highest BCUT2D eigenvalue weighted by molar-refractivity contribution is 5.81. The van der Waals surface area contributed by atoms with Gasteiger partial charge in [-0.1, -0.05) is 30.3 Å². The van der Waals surface area contributed by atoms with E-state index >= 15 is 0 Å². The first kappa shape index (κ1) is 19.9. The molecule has 1 aliphatic heterocycles. The number of carbonyl (C=O) groups excluding carboxylic acids is 2. The Morgan fingerprint density at radius 1 is 1.18 bits per heavy atom. The molecule has 2 unspecified atom stereocenters. The molecule has 1 fully saturated rings. The third-order valence-corrected chi connectivity index (χ3v) is 5.29. The van der Waals surface area contributed by atoms with Crippen LogP contribution in [-0.2, 0) is 16.1 Å². The molecular weight excluding hydrogens is 354 g/mol. The van der Waals surface area contributed by atoms with Gasteiger partial charge in [-0.05, 0) is 31.4 Å². The van der Waals surface area contributed by atoms with E-state index in [0.717, 1.165) is 36.9 Å². The number of nitrogens with zero attached hydrogens (tertiary/aromatic N) is 4. The van der Waals surface area contributed by atoms with Crippen LogP contribution in [0.2, 0.25) is 0 Å². The zero-order valence-electron chi connectivity index (χ0n) is 16.2. The molecule has 2 N–H and O–H groups in total. The first-order chi connectivity index (χ1) is 13.6. The Hall–Kier alpha value is -2.80. The summed E-state index contributed by atoms with van der Waals surface area (Å²) >= 11 is 0. The molecule has 2 amide bonds. The van der Waals surface area contributed by atoms with Crippen molar-refractivity contribution in [1.29, 1.82) is 0 Å². The molecule has 7 nitrogen and oxygen atoms in total. The molecule has 7 heteroatoms. The number of hydrogen-bond donors (Lipinski definition) is 1. The van der Waals surface area contributed by atoms with E-state index in [-0.39, 0.29) is 17.9 Å². The minimum Gasteiger partial charge on any atom is -0.368 e. The maximum atomic E-state index is 12.3. The fourth-order valence-electron chi connectivity index (χ4n) is 3.97. The predicted molar refractivity (Wildman–Crippen MR) is 106 cm³/mol. The van der Waals surface area contributed by atoms with Crippen molar-refractivity contribution >= 4 is 11.8 Å². The van der Waals surface area contributed by atoms with Crippen LogP contribution in [-0.4, -0.2) is 50.7 Å². The molecule has 1 aliphatic rings. The Labute approximate surface area is 165 Å². The van der Waals surface area contributed by atoms with E-state index in [0.29, 0.717) is 13.1 Å². The summed E-state index contributed by atoms with van der Waals surface area (Å²) in [4.78, 5) is 36.6. The molecule has 1 aromatic heterocycles. The van der Waals surface area contributed by atoms with E-state index in [1.54, 1.807) is 19.3 Å². The lowest BCUT2D eigenvalue weighted by molar-refractivity contribution is -0.132. The average molecular weight is 381 g/mol. The number of carbonyl (C=O) groups is 2. The number of nitrogens with two attached hydrogens (primary N) is 1. The standard InChI is InChI=1S/C21H27N5O2/c1-16(27)26(14-17-12-23-15-24-13-17)19-8-5-10-25(11-9-19)20(21(22)28)18-6-3-2-4-7-18/h2-4,6-7,12-13,15,19-20H,5,8-11,14H2,1H3,(H2,22,28). The second kappa shape index (κ2) is 9.41. The van der Waals surface area contributed by atoms with Gasteiger partial charge in [-0.2, -0.15) is 0 Å². The maximum absolute atomic E-state index is 12.3. The van der Waals surface area contributed by atoms with Gasteiger partial charge in [0.15, 0.2) is 0 Å². The summed E-state index contributed by atoms with van der Waals surface area (Å²) in [7, 11) is 0. The monoisotopic (exact) mass is 381 g/mol. The summed E-state index contributed by atoms with van der Waals surface area (Å²) in [6.07, 6.45) is 7.55. The van der Waals surface area contributed by atoms with Crippen LogP contribution in [0.25, 0.3) is 0 Å². The molecule has 1 aromatic carbocycles. The number of primary amides is 1. The van der Waals surface area contributed by atoms with E-state index in [2.05, 4.69) is 14.9 Å². The smallest absolute Gasteiger partial charge is 0.239 e. The molecule has 2 atom stereocenters. The summed E-state index contributed by atoms with van der Waals surface area (Å²) in [6, 6.07) is 9.33. The molecule has 148 valence electrons. The van der Waals surface area contributed by atoms with E-state index in [9.17, 15) is 9.59 Å². The Bertz CT molecular complexity index is 784. The summed E-state index contributed by atoms with van der Waals surface area (Å²) in [6.45, 7) is 3.59. The Kier molecular flexibility index (Phi) is 6.71. The van der Waals surface area contributed by atoms with E-state index in [1.165, 1.54) is 6.33 Å². The maximum Gasteiger partial charge on any atom is 0.239 e. The van der Waals surface area contributed by atoms with Gasteiger partial charge in [-0.15, -0.1) is 0 Å². The SMILES string of the molecule is CC(=O)N(Cc1cncnc1)C1CCCN(C(C(N)=O)c2ccccc2)CC1. The minimum absolute atomic E-state index is 0.0387. The zero-order chi connectivity index (χ0) is 19.9. The van der Waals surface area contributed by atoms with Crippen LogP contribution in [0.5, 0.6) is 0 Å². The van der Waals surface area contributed by atoms with Crippen molar-refractivity contribution in [1.82, 2.24) is 19.8 Å². The van der Waals surface area contributed by atoms with Crippen molar-refractivity contribution in [3.63, 3.8) is 0 Å². The highest BCUT2D eigenvalue weighted by Gasteiger charge is 2.30. The van der Waals surface area contributed by atoms with E-state index < -0.39 is 6.04 Å². The van der Waals surface area contributed by atoms with Gasteiger partial charge in [0.05, 0.1) is 0 Å². The molecule has 0 saturated carbocycles. The first-order valence-corrected chi connectivity index (χ1v) is 9.65. The highest BCUT2D eigenvalue weighted by Crippen LogP contribution is 2.26. The second-order valence-corrected chi connectivity index (χ2v) is 7.23. The van der Waals surface area contributed by atoms with Crippen LogP contribution in [0.15, 0.2) is 49.1 Å². The van der Waals surface area contributed by atoms with Crippen molar-refractivity contribution in [2.45, 2.75) is 44.8 Å².